The van der Waals surface area contributed by atoms with Crippen LogP contribution < -0.4 is 4.74 Å². The number of hydrogen-bond donors (Lipinski definition) is 0. The van der Waals surface area contributed by atoms with Crippen molar-refractivity contribution < 1.29 is 9.53 Å². The lowest BCUT2D eigenvalue weighted by molar-refractivity contribution is -0.116. The molecule has 0 aliphatic carbocycles. The van der Waals surface area contributed by atoms with Gasteiger partial charge in [-0.3, -0.25) is 4.79 Å². The predicted octanol–water partition coefficient (Wildman–Crippen LogP) is 3.20. The van der Waals surface area contributed by atoms with Crippen LogP contribution in [0.1, 0.15) is 12.0 Å². The molecule has 2 nitrogen and oxygen atoms in total. The van der Waals surface area contributed by atoms with Gasteiger partial charge in [0.15, 0.2) is 0 Å². The predicted molar refractivity (Wildman–Crippen MR) is 72.8 cm³/mol. The lowest BCUT2D eigenvalue weighted by Gasteiger charge is -2.05. The Morgan fingerprint density at radius 1 is 1.53 bits per heavy atom. The maximum absolute atomic E-state index is 11.1. The number of halogens is 2. The van der Waals surface area contributed by atoms with E-state index in [-0.39, 0.29) is 5.78 Å². The maximum atomic E-state index is 11.1. The number of ketones is 1. The molecular formula is C11H12BrIO2. The van der Waals surface area contributed by atoms with Crippen molar-refractivity contribution >= 4 is 44.3 Å². The molecule has 0 amide bonds. The van der Waals surface area contributed by atoms with Gasteiger partial charge < -0.3 is 4.74 Å². The van der Waals surface area contributed by atoms with Crippen LogP contribution in [0.3, 0.4) is 0 Å². The Labute approximate surface area is 112 Å². The van der Waals surface area contributed by atoms with E-state index in [4.69, 9.17) is 4.74 Å². The second-order valence-electron chi connectivity index (χ2n) is 3.14. The zero-order chi connectivity index (χ0) is 11.3. The van der Waals surface area contributed by atoms with E-state index in [1.54, 1.807) is 7.11 Å². The fourth-order valence-electron chi connectivity index (χ4n) is 1.22. The van der Waals surface area contributed by atoms with Crippen LogP contribution in [0.5, 0.6) is 5.75 Å². The molecule has 0 unspecified atom stereocenters. The summed E-state index contributed by atoms with van der Waals surface area (Å²) >= 11 is 5.39. The smallest absolute Gasteiger partial charge is 0.143 e. The summed E-state index contributed by atoms with van der Waals surface area (Å²) in [5.41, 5.74) is 1.18. The molecule has 0 aromatic heterocycles. The molecule has 0 aliphatic rings. The average Bonchev–Trinajstić information content (AvgIpc) is 2.26. The molecule has 4 heteroatoms. The molecule has 15 heavy (non-hydrogen) atoms. The quantitative estimate of drug-likeness (QED) is 0.577. The number of carbonyl (C=O) groups is 1. The Hall–Kier alpha value is -0.100. The number of hydrogen-bond acceptors (Lipinski definition) is 2. The van der Waals surface area contributed by atoms with Crippen molar-refractivity contribution in [3.05, 3.63) is 27.3 Å². The van der Waals surface area contributed by atoms with Gasteiger partial charge in [-0.25, -0.2) is 0 Å². The number of carbonyl (C=O) groups excluding carboxylic acids is 1. The fourth-order valence-corrected chi connectivity index (χ4v) is 2.30. The molecule has 0 saturated heterocycles. The normalized spacial score (nSPS) is 10.1. The summed E-state index contributed by atoms with van der Waals surface area (Å²) < 4.78 is 6.25. The first kappa shape index (κ1) is 13.0. The third-order valence-electron chi connectivity index (χ3n) is 2.06. The number of methoxy groups -OCH3 is 1. The Kier molecular flexibility index (Phi) is 5.60. The van der Waals surface area contributed by atoms with Crippen LogP contribution in [-0.4, -0.2) is 18.2 Å². The monoisotopic (exact) mass is 382 g/mol. The van der Waals surface area contributed by atoms with Gasteiger partial charge in [-0.1, -0.05) is 22.0 Å². The molecule has 0 spiro atoms. The number of benzene rings is 1. The molecule has 0 bridgehead atoms. The summed E-state index contributed by atoms with van der Waals surface area (Å²) in [4.78, 5) is 11.1. The highest BCUT2D eigenvalue weighted by molar-refractivity contribution is 14.1. The second kappa shape index (κ2) is 6.48. The van der Waals surface area contributed by atoms with Gasteiger partial charge >= 0.3 is 0 Å². The maximum Gasteiger partial charge on any atom is 0.143 e. The van der Waals surface area contributed by atoms with E-state index in [9.17, 15) is 4.79 Å². The Bertz CT molecular complexity index is 352. The molecule has 0 fully saturated rings. The van der Waals surface area contributed by atoms with Crippen molar-refractivity contribution in [2.24, 2.45) is 0 Å². The van der Waals surface area contributed by atoms with E-state index < -0.39 is 0 Å². The van der Waals surface area contributed by atoms with Crippen LogP contribution in [0.25, 0.3) is 0 Å². The van der Waals surface area contributed by atoms with Gasteiger partial charge in [0, 0.05) is 6.42 Å². The zero-order valence-corrected chi connectivity index (χ0v) is 12.2. The highest BCUT2D eigenvalue weighted by Crippen LogP contribution is 2.22. The molecule has 0 heterocycles. The number of alkyl halides is 1. The van der Waals surface area contributed by atoms with Crippen molar-refractivity contribution in [3.63, 3.8) is 0 Å². The van der Waals surface area contributed by atoms with Crippen molar-refractivity contribution in [2.75, 3.05) is 12.4 Å². The van der Waals surface area contributed by atoms with Crippen LogP contribution in [0.4, 0.5) is 0 Å². The Morgan fingerprint density at radius 2 is 2.27 bits per heavy atom. The Balaban J connectivity index is 2.63. The molecule has 0 radical (unpaired) electrons. The molecule has 1 aromatic carbocycles. The number of ether oxygens (including phenoxy) is 1. The lowest BCUT2D eigenvalue weighted by Crippen LogP contribution is -2.01. The minimum Gasteiger partial charge on any atom is -0.496 e. The summed E-state index contributed by atoms with van der Waals surface area (Å²) in [5.74, 6) is 1.12. The van der Waals surface area contributed by atoms with Gasteiger partial charge in [-0.2, -0.15) is 0 Å². The number of Topliss-reactive ketones (excluding diaryl/α,β-unsaturated/α-hetero) is 1. The highest BCUT2D eigenvalue weighted by atomic mass is 127. The molecule has 0 aliphatic heterocycles. The van der Waals surface area contributed by atoms with Crippen LogP contribution in [0.2, 0.25) is 0 Å². The summed E-state index contributed by atoms with van der Waals surface area (Å²) in [7, 11) is 1.66. The molecule has 0 N–H and O–H groups in total. The fraction of sp³-hybridized carbons (Fsp3) is 0.364. The first-order valence-corrected chi connectivity index (χ1v) is 6.77. The van der Waals surface area contributed by atoms with E-state index in [1.807, 2.05) is 12.1 Å². The van der Waals surface area contributed by atoms with Crippen molar-refractivity contribution in [1.29, 1.82) is 0 Å². The molecule has 82 valence electrons. The number of aryl methyl sites for hydroxylation is 1. The van der Waals surface area contributed by atoms with Gasteiger partial charge in [0.2, 0.25) is 0 Å². The topological polar surface area (TPSA) is 26.3 Å². The van der Waals surface area contributed by atoms with Gasteiger partial charge in [-0.05, 0) is 46.7 Å². The van der Waals surface area contributed by atoms with Crippen LogP contribution in [-0.2, 0) is 11.2 Å². The summed E-state index contributed by atoms with van der Waals surface area (Å²) in [6.45, 7) is 0. The third kappa shape index (κ3) is 4.10. The lowest BCUT2D eigenvalue weighted by atomic mass is 10.1. The zero-order valence-electron chi connectivity index (χ0n) is 8.43. The SMILES string of the molecule is COc1ccc(CCC(=O)CBr)cc1I. The van der Waals surface area contributed by atoms with E-state index in [1.165, 1.54) is 5.56 Å². The molecule has 0 saturated carbocycles. The van der Waals surface area contributed by atoms with Crippen molar-refractivity contribution in [3.8, 4) is 5.75 Å². The second-order valence-corrected chi connectivity index (χ2v) is 4.86. The van der Waals surface area contributed by atoms with Gasteiger partial charge in [0.1, 0.15) is 11.5 Å². The van der Waals surface area contributed by atoms with Crippen molar-refractivity contribution in [2.45, 2.75) is 12.8 Å². The summed E-state index contributed by atoms with van der Waals surface area (Å²) in [6.07, 6.45) is 1.39. The summed E-state index contributed by atoms with van der Waals surface area (Å²) in [5, 5.41) is 0.445. The summed E-state index contributed by atoms with van der Waals surface area (Å²) in [6, 6.07) is 6.00. The average molecular weight is 383 g/mol. The van der Waals surface area contributed by atoms with Gasteiger partial charge in [-0.15, -0.1) is 0 Å². The molecule has 1 rings (SSSR count). The van der Waals surface area contributed by atoms with E-state index >= 15 is 0 Å². The molecular weight excluding hydrogens is 371 g/mol. The van der Waals surface area contributed by atoms with E-state index in [0.29, 0.717) is 11.8 Å². The van der Waals surface area contributed by atoms with Crippen LogP contribution in [0, 0.1) is 3.57 Å². The van der Waals surface area contributed by atoms with Crippen LogP contribution >= 0.6 is 38.5 Å². The first-order chi connectivity index (χ1) is 7.17. The molecule has 0 atom stereocenters. The first-order valence-electron chi connectivity index (χ1n) is 4.57. The minimum absolute atomic E-state index is 0.237. The van der Waals surface area contributed by atoms with E-state index in [2.05, 4.69) is 44.6 Å². The highest BCUT2D eigenvalue weighted by Gasteiger charge is 2.03. The van der Waals surface area contributed by atoms with Gasteiger partial charge in [0.05, 0.1) is 16.0 Å². The number of rotatable bonds is 5. The molecule has 1 aromatic rings. The van der Waals surface area contributed by atoms with Gasteiger partial charge in [0.25, 0.3) is 0 Å². The third-order valence-corrected chi connectivity index (χ3v) is 3.53. The largest absolute Gasteiger partial charge is 0.496 e. The Morgan fingerprint density at radius 3 is 2.80 bits per heavy atom. The standard InChI is InChI=1S/C11H12BrIO2/c1-15-11-5-3-8(6-10(11)13)2-4-9(14)7-12/h3,5-6H,2,4,7H2,1H3. The van der Waals surface area contributed by atoms with E-state index in [0.717, 1.165) is 15.7 Å². The van der Waals surface area contributed by atoms with Crippen molar-refractivity contribution in [1.82, 2.24) is 0 Å². The van der Waals surface area contributed by atoms with Crippen LogP contribution in [0.15, 0.2) is 18.2 Å². The minimum atomic E-state index is 0.237.